The summed E-state index contributed by atoms with van der Waals surface area (Å²) in [7, 11) is 0. The summed E-state index contributed by atoms with van der Waals surface area (Å²) in [6, 6.07) is 0. The van der Waals surface area contributed by atoms with Gasteiger partial charge < -0.3 is 15.7 Å². The van der Waals surface area contributed by atoms with E-state index in [9.17, 15) is 0 Å². The van der Waals surface area contributed by atoms with Gasteiger partial charge in [-0.3, -0.25) is 0 Å². The van der Waals surface area contributed by atoms with Crippen LogP contribution in [0.1, 0.15) is 40.0 Å². The van der Waals surface area contributed by atoms with Gasteiger partial charge in [0.25, 0.3) is 0 Å². The standard InChI is InChI=1S/C12H26N2OS/c1-4-14(9-6-10-15)8-5-7-12(2,3)11(13)16/h15H,4-10H2,1-3H3,(H2,13,16). The van der Waals surface area contributed by atoms with E-state index in [1.807, 2.05) is 0 Å². The van der Waals surface area contributed by atoms with Crippen molar-refractivity contribution in [1.29, 1.82) is 0 Å². The molecule has 0 aromatic rings. The third-order valence-electron chi connectivity index (χ3n) is 3.02. The molecule has 96 valence electrons. The molecule has 0 amide bonds. The van der Waals surface area contributed by atoms with Gasteiger partial charge in [0.2, 0.25) is 0 Å². The second-order valence-electron chi connectivity index (χ2n) is 4.86. The van der Waals surface area contributed by atoms with E-state index in [1.165, 1.54) is 0 Å². The van der Waals surface area contributed by atoms with E-state index in [1.54, 1.807) is 0 Å². The third kappa shape index (κ3) is 6.40. The molecule has 0 fully saturated rings. The Morgan fingerprint density at radius 2 is 1.88 bits per heavy atom. The SMILES string of the molecule is CCN(CCCO)CCCC(C)(C)C(N)=S. The Morgan fingerprint density at radius 1 is 1.31 bits per heavy atom. The zero-order valence-corrected chi connectivity index (χ0v) is 11.6. The Hall–Kier alpha value is -0.190. The average Bonchev–Trinajstić information content (AvgIpc) is 2.22. The fourth-order valence-electron chi connectivity index (χ4n) is 1.59. The van der Waals surface area contributed by atoms with Gasteiger partial charge in [0, 0.05) is 18.6 Å². The molecule has 0 radical (unpaired) electrons. The van der Waals surface area contributed by atoms with E-state index >= 15 is 0 Å². The van der Waals surface area contributed by atoms with Crippen LogP contribution in [-0.4, -0.2) is 41.2 Å². The van der Waals surface area contributed by atoms with Crippen molar-refractivity contribution in [1.82, 2.24) is 4.90 Å². The number of thiocarbonyl (C=S) groups is 1. The van der Waals surface area contributed by atoms with Gasteiger partial charge in [-0.25, -0.2) is 0 Å². The minimum absolute atomic E-state index is 0.0360. The predicted molar refractivity (Wildman–Crippen MR) is 73.6 cm³/mol. The molecule has 0 heterocycles. The quantitative estimate of drug-likeness (QED) is 0.609. The van der Waals surface area contributed by atoms with Crippen LogP contribution in [0.5, 0.6) is 0 Å². The van der Waals surface area contributed by atoms with Crippen LogP contribution in [0.2, 0.25) is 0 Å². The molecule has 0 spiro atoms. The minimum Gasteiger partial charge on any atom is -0.396 e. The summed E-state index contributed by atoms with van der Waals surface area (Å²) in [5.74, 6) is 0. The number of nitrogens with zero attached hydrogens (tertiary/aromatic N) is 1. The number of nitrogens with two attached hydrogens (primary N) is 1. The van der Waals surface area contributed by atoms with Crippen molar-refractivity contribution in [3.8, 4) is 0 Å². The van der Waals surface area contributed by atoms with E-state index in [2.05, 4.69) is 25.7 Å². The van der Waals surface area contributed by atoms with Crippen LogP contribution in [0.25, 0.3) is 0 Å². The number of hydrogen-bond donors (Lipinski definition) is 2. The molecule has 3 nitrogen and oxygen atoms in total. The topological polar surface area (TPSA) is 49.5 Å². The summed E-state index contributed by atoms with van der Waals surface area (Å²) in [6.45, 7) is 9.68. The van der Waals surface area contributed by atoms with E-state index < -0.39 is 0 Å². The molecule has 16 heavy (non-hydrogen) atoms. The largest absolute Gasteiger partial charge is 0.396 e. The van der Waals surface area contributed by atoms with Crippen molar-refractivity contribution in [2.45, 2.75) is 40.0 Å². The summed E-state index contributed by atoms with van der Waals surface area (Å²) in [4.78, 5) is 2.96. The smallest absolute Gasteiger partial charge is 0.0784 e. The van der Waals surface area contributed by atoms with Crippen molar-refractivity contribution in [3.63, 3.8) is 0 Å². The van der Waals surface area contributed by atoms with E-state index in [0.29, 0.717) is 4.99 Å². The van der Waals surface area contributed by atoms with E-state index in [0.717, 1.165) is 38.9 Å². The highest BCUT2D eigenvalue weighted by Crippen LogP contribution is 2.22. The highest BCUT2D eigenvalue weighted by Gasteiger charge is 2.20. The second kappa shape index (κ2) is 7.98. The first-order valence-corrected chi connectivity index (χ1v) is 6.48. The van der Waals surface area contributed by atoms with Crippen LogP contribution in [0.4, 0.5) is 0 Å². The zero-order valence-electron chi connectivity index (χ0n) is 10.8. The molecule has 0 atom stereocenters. The van der Waals surface area contributed by atoms with Crippen molar-refractivity contribution < 1.29 is 5.11 Å². The second-order valence-corrected chi connectivity index (χ2v) is 5.30. The molecule has 0 rings (SSSR count). The molecule has 0 bridgehead atoms. The van der Waals surface area contributed by atoms with E-state index in [-0.39, 0.29) is 12.0 Å². The lowest BCUT2D eigenvalue weighted by Gasteiger charge is -2.25. The lowest BCUT2D eigenvalue weighted by atomic mass is 9.88. The molecule has 0 unspecified atom stereocenters. The first-order valence-electron chi connectivity index (χ1n) is 6.07. The number of hydrogen-bond acceptors (Lipinski definition) is 3. The molecule has 0 saturated heterocycles. The maximum Gasteiger partial charge on any atom is 0.0784 e. The fourth-order valence-corrected chi connectivity index (χ4v) is 1.69. The van der Waals surface area contributed by atoms with Crippen molar-refractivity contribution in [2.75, 3.05) is 26.2 Å². The Bertz CT molecular complexity index is 207. The maximum absolute atomic E-state index is 8.78. The molecule has 3 N–H and O–H groups in total. The van der Waals surface area contributed by atoms with Crippen LogP contribution in [0.15, 0.2) is 0 Å². The third-order valence-corrected chi connectivity index (χ3v) is 3.58. The van der Waals surface area contributed by atoms with Crippen molar-refractivity contribution in [3.05, 3.63) is 0 Å². The maximum atomic E-state index is 8.78. The molecule has 0 aromatic heterocycles. The summed E-state index contributed by atoms with van der Waals surface area (Å²) in [5.41, 5.74) is 5.65. The van der Waals surface area contributed by atoms with Gasteiger partial charge in [0.1, 0.15) is 0 Å². The number of aliphatic hydroxyl groups is 1. The summed E-state index contributed by atoms with van der Waals surface area (Å²) in [6.07, 6.45) is 2.98. The lowest BCUT2D eigenvalue weighted by Crippen LogP contribution is -2.32. The molecular weight excluding hydrogens is 220 g/mol. The van der Waals surface area contributed by atoms with Gasteiger partial charge >= 0.3 is 0 Å². The van der Waals surface area contributed by atoms with Gasteiger partial charge in [0.15, 0.2) is 0 Å². The molecule has 4 heteroatoms. The Kier molecular flexibility index (Phi) is 7.89. The molecular formula is C12H26N2OS. The van der Waals surface area contributed by atoms with Crippen LogP contribution in [0.3, 0.4) is 0 Å². The van der Waals surface area contributed by atoms with Gasteiger partial charge in [-0.2, -0.15) is 0 Å². The highest BCUT2D eigenvalue weighted by molar-refractivity contribution is 7.80. The van der Waals surface area contributed by atoms with E-state index in [4.69, 9.17) is 23.1 Å². The molecule has 0 aromatic carbocycles. The monoisotopic (exact) mass is 246 g/mol. The summed E-state index contributed by atoms with van der Waals surface area (Å²) < 4.78 is 0. The summed E-state index contributed by atoms with van der Waals surface area (Å²) >= 11 is 5.04. The number of aliphatic hydroxyl groups excluding tert-OH is 1. The fraction of sp³-hybridized carbons (Fsp3) is 0.917. The Balaban J connectivity index is 3.81. The Labute approximate surface area is 105 Å². The first-order chi connectivity index (χ1) is 7.44. The van der Waals surface area contributed by atoms with Crippen molar-refractivity contribution >= 4 is 17.2 Å². The Morgan fingerprint density at radius 3 is 2.31 bits per heavy atom. The van der Waals surface area contributed by atoms with Crippen LogP contribution < -0.4 is 5.73 Å². The normalized spacial score (nSPS) is 12.1. The highest BCUT2D eigenvalue weighted by atomic mass is 32.1. The van der Waals surface area contributed by atoms with Crippen LogP contribution in [0, 0.1) is 5.41 Å². The van der Waals surface area contributed by atoms with Gasteiger partial charge in [0.05, 0.1) is 4.99 Å². The average molecular weight is 246 g/mol. The van der Waals surface area contributed by atoms with Crippen LogP contribution in [-0.2, 0) is 0 Å². The molecule has 0 aliphatic heterocycles. The van der Waals surface area contributed by atoms with Crippen LogP contribution >= 0.6 is 12.2 Å². The summed E-state index contributed by atoms with van der Waals surface area (Å²) in [5, 5.41) is 8.78. The number of rotatable bonds is 9. The predicted octanol–water partition coefficient (Wildman–Crippen LogP) is 1.78. The first kappa shape index (κ1) is 15.8. The molecule has 0 aliphatic rings. The molecule has 0 aliphatic carbocycles. The zero-order chi connectivity index (χ0) is 12.6. The van der Waals surface area contributed by atoms with Crippen molar-refractivity contribution in [2.24, 2.45) is 11.1 Å². The minimum atomic E-state index is -0.0360. The van der Waals surface area contributed by atoms with Gasteiger partial charge in [-0.05, 0) is 32.4 Å². The van der Waals surface area contributed by atoms with Gasteiger partial charge in [-0.1, -0.05) is 33.0 Å². The lowest BCUT2D eigenvalue weighted by molar-refractivity contribution is 0.223. The molecule has 0 saturated carbocycles. The van der Waals surface area contributed by atoms with Gasteiger partial charge in [-0.15, -0.1) is 0 Å².